The molecule has 20 heavy (non-hydrogen) atoms. The summed E-state index contributed by atoms with van der Waals surface area (Å²) in [6.45, 7) is 14.5. The Hall–Kier alpha value is 0.640. The normalized spacial score (nSPS) is 17.9. The third-order valence-electron chi connectivity index (χ3n) is 4.02. The zero-order valence-corrected chi connectivity index (χ0v) is 18.7. The Morgan fingerprint density at radius 3 is 1.35 bits per heavy atom. The molecule has 0 nitrogen and oxygen atoms in total. The van der Waals surface area contributed by atoms with Gasteiger partial charge in [0.2, 0.25) is 0 Å². The van der Waals surface area contributed by atoms with Crippen molar-refractivity contribution in [3.63, 3.8) is 0 Å². The van der Waals surface area contributed by atoms with Gasteiger partial charge >= 0.3 is 121 Å². The number of hydrogen-bond acceptors (Lipinski definition) is 0. The van der Waals surface area contributed by atoms with Crippen molar-refractivity contribution in [3.05, 3.63) is 41.0 Å². The molecule has 0 unspecified atom stereocenters. The van der Waals surface area contributed by atoms with E-state index in [0.29, 0.717) is 0 Å². The van der Waals surface area contributed by atoms with Crippen LogP contribution in [-0.4, -0.2) is 5.92 Å². The molecule has 0 amide bonds. The van der Waals surface area contributed by atoms with Gasteiger partial charge in [0.1, 0.15) is 0 Å². The van der Waals surface area contributed by atoms with E-state index in [1.165, 1.54) is 12.8 Å². The first kappa shape index (κ1) is 20.6. The maximum Gasteiger partial charge on any atom is -0.147 e. The SMILES string of the molecule is CC1=CC(C)=[C]([Zr]([C]2=C(C)C=C(C)C2)[SiH](C)C)C1.Cl.Cl. The van der Waals surface area contributed by atoms with Gasteiger partial charge in [-0.2, -0.15) is 0 Å². The smallest absolute Gasteiger partial charge is 0.147 e. The molecule has 2 aliphatic carbocycles. The molecule has 0 saturated carbocycles. The van der Waals surface area contributed by atoms with Gasteiger partial charge in [-0.05, 0) is 0 Å². The maximum absolute atomic E-state index is 2.59. The zero-order valence-electron chi connectivity index (χ0n) is 13.5. The summed E-state index contributed by atoms with van der Waals surface area (Å²) in [6, 6.07) is 0. The molecular weight excluding hydrogens is 382 g/mol. The van der Waals surface area contributed by atoms with E-state index < -0.39 is 26.8 Å². The molecule has 0 aromatic carbocycles. The predicted molar refractivity (Wildman–Crippen MR) is 95.5 cm³/mol. The fraction of sp³-hybridized carbons (Fsp3) is 0.500. The van der Waals surface area contributed by atoms with E-state index in [1.807, 2.05) is 6.56 Å². The minimum absolute atomic E-state index is 0. The summed E-state index contributed by atoms with van der Waals surface area (Å²) in [5, 5.41) is 0. The van der Waals surface area contributed by atoms with Crippen molar-refractivity contribution in [3.8, 4) is 0 Å². The van der Waals surface area contributed by atoms with Crippen LogP contribution < -0.4 is 0 Å². The van der Waals surface area contributed by atoms with Crippen molar-refractivity contribution in [2.75, 3.05) is 0 Å². The van der Waals surface area contributed by atoms with Crippen LogP contribution >= 0.6 is 24.8 Å². The van der Waals surface area contributed by atoms with E-state index in [-0.39, 0.29) is 24.8 Å². The zero-order chi connectivity index (χ0) is 13.4. The molecule has 0 aromatic rings. The van der Waals surface area contributed by atoms with Gasteiger partial charge in [0.15, 0.2) is 0 Å². The van der Waals surface area contributed by atoms with E-state index >= 15 is 0 Å². The van der Waals surface area contributed by atoms with Gasteiger partial charge in [-0.25, -0.2) is 0 Å². The molecule has 2 aliphatic rings. The third kappa shape index (κ3) is 4.32. The van der Waals surface area contributed by atoms with E-state index in [0.717, 1.165) is 0 Å². The van der Waals surface area contributed by atoms with Crippen LogP contribution in [0.25, 0.3) is 0 Å². The van der Waals surface area contributed by atoms with Crippen molar-refractivity contribution < 1.29 is 20.9 Å². The van der Waals surface area contributed by atoms with Gasteiger partial charge < -0.3 is 0 Å². The summed E-state index contributed by atoms with van der Waals surface area (Å²) in [7, 11) is 0. The number of halogens is 2. The van der Waals surface area contributed by atoms with Crippen molar-refractivity contribution in [2.45, 2.75) is 53.6 Å². The van der Waals surface area contributed by atoms with Gasteiger partial charge in [-0.1, -0.05) is 0 Å². The Balaban J connectivity index is 0.00000180. The molecule has 0 aromatic heterocycles. The quantitative estimate of drug-likeness (QED) is 0.526. The van der Waals surface area contributed by atoms with Crippen molar-refractivity contribution in [1.82, 2.24) is 0 Å². The molecule has 0 atom stereocenters. The summed E-state index contributed by atoms with van der Waals surface area (Å²) in [6.07, 6.45) is 7.50. The standard InChI is InChI=1S/2C7H9.C2H7Si.2ClH.Zr/c2*1-6-3-4-7(2)5-6;1-3-2;;;/h2*5H,3H2,1-2H3;3H,1-2H3;2*1H;. The summed E-state index contributed by atoms with van der Waals surface area (Å²) in [4.78, 5) is 0. The molecule has 0 N–H and O–H groups in total. The number of rotatable bonds is 3. The number of allylic oxidation sites excluding steroid dienone is 8. The first-order chi connectivity index (χ1) is 8.40. The van der Waals surface area contributed by atoms with Crippen molar-refractivity contribution in [2.24, 2.45) is 0 Å². The minimum Gasteiger partial charge on any atom is -0.147 e. The molecular formula is C16H27Cl2SiZr. The van der Waals surface area contributed by atoms with Gasteiger partial charge in [0.25, 0.3) is 0 Å². The van der Waals surface area contributed by atoms with Crippen LogP contribution in [-0.2, 0) is 20.9 Å². The second kappa shape index (κ2) is 8.32. The molecule has 0 saturated heterocycles. The molecule has 4 heteroatoms. The van der Waals surface area contributed by atoms with Crippen LogP contribution in [0.2, 0.25) is 13.1 Å². The monoisotopic (exact) mass is 407 g/mol. The molecule has 0 radical (unpaired) electrons. The average Bonchev–Trinajstić information content (AvgIpc) is 2.71. The second-order valence-electron chi connectivity index (χ2n) is 6.23. The molecule has 0 fully saturated rings. The summed E-state index contributed by atoms with van der Waals surface area (Å²) < 4.78 is 3.85. The topological polar surface area (TPSA) is 0 Å². The minimum atomic E-state index is -1.47. The van der Waals surface area contributed by atoms with Crippen molar-refractivity contribution in [1.29, 1.82) is 0 Å². The first-order valence-corrected chi connectivity index (χ1v) is 16.6. The molecule has 0 aliphatic heterocycles. The summed E-state index contributed by atoms with van der Waals surface area (Å²) in [5.41, 5.74) is 6.45. The Morgan fingerprint density at radius 1 is 0.800 bits per heavy atom. The van der Waals surface area contributed by atoms with Crippen LogP contribution in [0.5, 0.6) is 0 Å². The van der Waals surface area contributed by atoms with Gasteiger partial charge in [0.05, 0.1) is 0 Å². The Kier molecular flexibility index (Phi) is 8.59. The van der Waals surface area contributed by atoms with Crippen LogP contribution in [0.4, 0.5) is 0 Å². The molecule has 0 heterocycles. The van der Waals surface area contributed by atoms with E-state index in [4.69, 9.17) is 0 Å². The van der Waals surface area contributed by atoms with E-state index in [2.05, 4.69) is 52.9 Å². The van der Waals surface area contributed by atoms with Gasteiger partial charge in [-0.15, -0.1) is 24.8 Å². The summed E-state index contributed by atoms with van der Waals surface area (Å²) in [5.74, 6) is -0.509. The fourth-order valence-electron chi connectivity index (χ4n) is 3.35. The largest absolute Gasteiger partial charge is 0.147 e. The Bertz CT molecular complexity index is 457. The molecule has 2 rings (SSSR count). The molecule has 113 valence electrons. The van der Waals surface area contributed by atoms with E-state index in [1.54, 1.807) is 22.3 Å². The second-order valence-corrected chi connectivity index (χ2v) is 25.5. The first-order valence-electron chi connectivity index (χ1n) is 7.01. The van der Waals surface area contributed by atoms with Crippen LogP contribution in [0.3, 0.4) is 0 Å². The third-order valence-corrected chi connectivity index (χ3v) is 23.8. The Labute approximate surface area is 145 Å². The fourth-order valence-corrected chi connectivity index (χ4v) is 24.6. The van der Waals surface area contributed by atoms with Crippen molar-refractivity contribution >= 4 is 30.7 Å². The van der Waals surface area contributed by atoms with Gasteiger partial charge in [0, 0.05) is 0 Å². The predicted octanol–water partition coefficient (Wildman–Crippen LogP) is 5.68. The van der Waals surface area contributed by atoms with Crippen LogP contribution in [0.1, 0.15) is 40.5 Å². The molecule has 0 bridgehead atoms. The molecule has 0 spiro atoms. The average molecular weight is 410 g/mol. The van der Waals surface area contributed by atoms with Crippen LogP contribution in [0, 0.1) is 0 Å². The Morgan fingerprint density at radius 2 is 1.15 bits per heavy atom. The number of hydrogen-bond donors (Lipinski definition) is 0. The van der Waals surface area contributed by atoms with E-state index in [9.17, 15) is 0 Å². The summed E-state index contributed by atoms with van der Waals surface area (Å²) >= 11 is -1.47. The maximum atomic E-state index is 2.59. The van der Waals surface area contributed by atoms with Gasteiger partial charge in [-0.3, -0.25) is 0 Å². The van der Waals surface area contributed by atoms with Crippen LogP contribution in [0.15, 0.2) is 41.0 Å².